The minimum atomic E-state index is -0.775. The fraction of sp³-hybridized carbons (Fsp3) is 0.849. The first-order valence-electron chi connectivity index (χ1n) is 35.1. The average Bonchev–Trinajstić information content (AvgIpc) is 3.45. The summed E-state index contributed by atoms with van der Waals surface area (Å²) in [5, 5.41) is 0. The monoisotopic (exact) mass is 1110 g/mol. The van der Waals surface area contributed by atoms with E-state index in [-0.39, 0.29) is 31.1 Å². The topological polar surface area (TPSA) is 78.9 Å². The maximum Gasteiger partial charge on any atom is 0.306 e. The molecular formula is C73H134O6. The molecule has 0 N–H and O–H groups in total. The maximum atomic E-state index is 12.9. The van der Waals surface area contributed by atoms with Gasteiger partial charge in [-0.15, -0.1) is 0 Å². The summed E-state index contributed by atoms with van der Waals surface area (Å²) in [5.41, 5.74) is 0. The number of hydrogen-bond acceptors (Lipinski definition) is 6. The number of esters is 3. The Balaban J connectivity index is 4.15. The first-order chi connectivity index (χ1) is 39.0. The standard InChI is InChI=1S/C73H134O6/c1-4-7-10-13-16-19-22-24-26-28-30-32-33-34-35-36-37-38-39-41-42-44-46-48-51-54-57-60-63-66-72(75)78-69-70(68-77-71(74)65-62-59-56-53-50-21-18-15-12-9-6-3)79-73(76)67-64-61-58-55-52-49-47-45-43-40-31-29-27-25-23-20-17-14-11-8-5-2/h8,11,17,20,25,27,31,40,70H,4-7,9-10,12-16,18-19,21-24,26,28-30,32-39,41-69H2,1-3H3/b11-8-,20-17-,27-25-,40-31-. The van der Waals surface area contributed by atoms with Crippen molar-refractivity contribution in [2.24, 2.45) is 0 Å². The number of ether oxygens (including phenoxy) is 3. The molecule has 0 saturated carbocycles. The molecule has 1 atom stereocenters. The molecule has 0 fully saturated rings. The van der Waals surface area contributed by atoms with Gasteiger partial charge < -0.3 is 14.2 Å². The second kappa shape index (κ2) is 67.9. The van der Waals surface area contributed by atoms with Gasteiger partial charge in [-0.2, -0.15) is 0 Å². The number of allylic oxidation sites excluding steroid dienone is 8. The van der Waals surface area contributed by atoms with Crippen LogP contribution >= 0.6 is 0 Å². The molecular weight excluding hydrogens is 973 g/mol. The van der Waals surface area contributed by atoms with Gasteiger partial charge in [0.15, 0.2) is 6.10 Å². The lowest BCUT2D eigenvalue weighted by atomic mass is 10.0. The molecule has 6 heteroatoms. The Morgan fingerprint density at radius 3 is 0.772 bits per heavy atom. The maximum absolute atomic E-state index is 12.9. The van der Waals surface area contributed by atoms with Crippen molar-refractivity contribution in [3.8, 4) is 0 Å². The van der Waals surface area contributed by atoms with Gasteiger partial charge in [0.1, 0.15) is 13.2 Å². The van der Waals surface area contributed by atoms with E-state index in [0.29, 0.717) is 19.3 Å². The summed E-state index contributed by atoms with van der Waals surface area (Å²) in [6.45, 7) is 6.58. The summed E-state index contributed by atoms with van der Waals surface area (Å²) in [5.74, 6) is -0.855. The van der Waals surface area contributed by atoms with Gasteiger partial charge in [-0.05, 0) is 57.8 Å². The summed E-state index contributed by atoms with van der Waals surface area (Å²) in [6, 6.07) is 0. The molecule has 0 aliphatic heterocycles. The van der Waals surface area contributed by atoms with Gasteiger partial charge in [0.25, 0.3) is 0 Å². The van der Waals surface area contributed by atoms with Crippen LogP contribution in [-0.2, 0) is 28.6 Å². The lowest BCUT2D eigenvalue weighted by molar-refractivity contribution is -0.167. The number of carbonyl (C=O) groups is 3. The zero-order valence-corrected chi connectivity index (χ0v) is 53.2. The van der Waals surface area contributed by atoms with E-state index in [1.165, 1.54) is 250 Å². The molecule has 0 radical (unpaired) electrons. The predicted octanol–water partition coefficient (Wildman–Crippen LogP) is 24.1. The number of carbonyl (C=O) groups excluding carboxylic acids is 3. The van der Waals surface area contributed by atoms with Crippen LogP contribution in [0.1, 0.15) is 380 Å². The van der Waals surface area contributed by atoms with Crippen molar-refractivity contribution < 1.29 is 28.6 Å². The highest BCUT2D eigenvalue weighted by Gasteiger charge is 2.19. The Hall–Kier alpha value is -2.63. The summed E-state index contributed by atoms with van der Waals surface area (Å²) in [4.78, 5) is 38.3. The van der Waals surface area contributed by atoms with Crippen LogP contribution in [0.3, 0.4) is 0 Å². The van der Waals surface area contributed by atoms with Gasteiger partial charge in [0, 0.05) is 19.3 Å². The summed E-state index contributed by atoms with van der Waals surface area (Å²) in [6.07, 6.45) is 85.8. The SMILES string of the molecule is CC/C=C\C/C=C\C/C=C\C/C=C\CCCCCCCCCCC(=O)OC(COC(=O)CCCCCCCCCCCCC)COC(=O)CCCCCCCCCCCCCCCCCCCCCCCCCCCCCCC. The van der Waals surface area contributed by atoms with Crippen molar-refractivity contribution in [2.45, 2.75) is 386 Å². The Bertz CT molecular complexity index is 1360. The highest BCUT2D eigenvalue weighted by Crippen LogP contribution is 2.19. The largest absolute Gasteiger partial charge is 0.462 e. The second-order valence-corrected chi connectivity index (χ2v) is 23.8. The molecule has 0 rings (SSSR count). The lowest BCUT2D eigenvalue weighted by Crippen LogP contribution is -2.30. The molecule has 0 heterocycles. The van der Waals surface area contributed by atoms with Gasteiger partial charge in [0.05, 0.1) is 0 Å². The van der Waals surface area contributed by atoms with Crippen molar-refractivity contribution in [2.75, 3.05) is 13.2 Å². The van der Waals surface area contributed by atoms with Crippen LogP contribution in [0.4, 0.5) is 0 Å². The molecule has 0 aromatic rings. The van der Waals surface area contributed by atoms with Crippen LogP contribution in [0.15, 0.2) is 48.6 Å². The Labute approximate surface area is 492 Å². The molecule has 6 nitrogen and oxygen atoms in total. The first kappa shape index (κ1) is 76.4. The van der Waals surface area contributed by atoms with Gasteiger partial charge in [-0.3, -0.25) is 14.4 Å². The van der Waals surface area contributed by atoms with Crippen molar-refractivity contribution in [3.63, 3.8) is 0 Å². The molecule has 0 aromatic heterocycles. The smallest absolute Gasteiger partial charge is 0.306 e. The predicted molar refractivity (Wildman–Crippen MR) is 344 cm³/mol. The Kier molecular flexibility index (Phi) is 65.6. The quantitative estimate of drug-likeness (QED) is 0.0261. The van der Waals surface area contributed by atoms with Crippen LogP contribution < -0.4 is 0 Å². The third-order valence-electron chi connectivity index (χ3n) is 15.8. The molecule has 0 bridgehead atoms. The zero-order valence-electron chi connectivity index (χ0n) is 53.2. The highest BCUT2D eigenvalue weighted by atomic mass is 16.6. The average molecular weight is 1110 g/mol. The van der Waals surface area contributed by atoms with Crippen molar-refractivity contribution in [1.29, 1.82) is 0 Å². The van der Waals surface area contributed by atoms with Crippen LogP contribution in [0.25, 0.3) is 0 Å². The highest BCUT2D eigenvalue weighted by molar-refractivity contribution is 5.71. The zero-order chi connectivity index (χ0) is 57.1. The van der Waals surface area contributed by atoms with Gasteiger partial charge in [-0.25, -0.2) is 0 Å². The van der Waals surface area contributed by atoms with E-state index >= 15 is 0 Å². The number of rotatable bonds is 65. The molecule has 462 valence electrons. The minimum absolute atomic E-state index is 0.0713. The van der Waals surface area contributed by atoms with E-state index in [4.69, 9.17) is 14.2 Å². The molecule has 0 aliphatic rings. The molecule has 0 aliphatic carbocycles. The van der Waals surface area contributed by atoms with Crippen molar-refractivity contribution in [3.05, 3.63) is 48.6 Å². The van der Waals surface area contributed by atoms with Gasteiger partial charge in [0.2, 0.25) is 0 Å². The second-order valence-electron chi connectivity index (χ2n) is 23.8. The molecule has 79 heavy (non-hydrogen) atoms. The molecule has 0 aromatic carbocycles. The molecule has 1 unspecified atom stereocenters. The first-order valence-corrected chi connectivity index (χ1v) is 35.1. The van der Waals surface area contributed by atoms with E-state index < -0.39 is 6.10 Å². The minimum Gasteiger partial charge on any atom is -0.462 e. The third kappa shape index (κ3) is 66.1. The lowest BCUT2D eigenvalue weighted by Gasteiger charge is -2.18. The number of unbranched alkanes of at least 4 members (excludes halogenated alkanes) is 46. The van der Waals surface area contributed by atoms with Gasteiger partial charge >= 0.3 is 17.9 Å². The van der Waals surface area contributed by atoms with Gasteiger partial charge in [-0.1, -0.05) is 352 Å². The molecule has 0 spiro atoms. The van der Waals surface area contributed by atoms with Crippen molar-refractivity contribution >= 4 is 17.9 Å². The summed E-state index contributed by atoms with van der Waals surface area (Å²) >= 11 is 0. The van der Waals surface area contributed by atoms with Crippen LogP contribution in [0, 0.1) is 0 Å². The molecule has 0 amide bonds. The Morgan fingerprint density at radius 2 is 0.494 bits per heavy atom. The molecule has 0 saturated heterocycles. The van der Waals surface area contributed by atoms with E-state index in [0.717, 1.165) is 89.9 Å². The van der Waals surface area contributed by atoms with E-state index in [9.17, 15) is 14.4 Å². The summed E-state index contributed by atoms with van der Waals surface area (Å²) < 4.78 is 17.0. The van der Waals surface area contributed by atoms with Crippen LogP contribution in [0.5, 0.6) is 0 Å². The van der Waals surface area contributed by atoms with E-state index in [1.54, 1.807) is 0 Å². The summed E-state index contributed by atoms with van der Waals surface area (Å²) in [7, 11) is 0. The van der Waals surface area contributed by atoms with Crippen LogP contribution in [-0.4, -0.2) is 37.2 Å². The number of hydrogen-bond donors (Lipinski definition) is 0. The normalized spacial score (nSPS) is 12.3. The van der Waals surface area contributed by atoms with Crippen LogP contribution in [0.2, 0.25) is 0 Å². The Morgan fingerprint density at radius 1 is 0.266 bits per heavy atom. The fourth-order valence-corrected chi connectivity index (χ4v) is 10.6. The van der Waals surface area contributed by atoms with E-state index in [2.05, 4.69) is 69.4 Å². The fourth-order valence-electron chi connectivity index (χ4n) is 10.6. The van der Waals surface area contributed by atoms with E-state index in [1.807, 2.05) is 0 Å². The third-order valence-corrected chi connectivity index (χ3v) is 15.8. The van der Waals surface area contributed by atoms with Crippen molar-refractivity contribution in [1.82, 2.24) is 0 Å².